The van der Waals surface area contributed by atoms with Gasteiger partial charge in [0.05, 0.1) is 10.4 Å². The summed E-state index contributed by atoms with van der Waals surface area (Å²) in [5.74, 6) is -0.470. The van der Waals surface area contributed by atoms with Crippen LogP contribution in [-0.2, 0) is 0 Å². The molecule has 100 valence electrons. The average Bonchev–Trinajstić information content (AvgIpc) is 2.68. The molecule has 1 heterocycles. The molecule has 0 radical (unpaired) electrons. The number of aryl methyl sites for hydroxylation is 1. The van der Waals surface area contributed by atoms with Crippen LogP contribution in [0, 0.1) is 19.7 Å². The van der Waals surface area contributed by atoms with Crippen molar-refractivity contribution in [2.24, 2.45) is 0 Å². The van der Waals surface area contributed by atoms with Crippen molar-refractivity contribution in [2.45, 2.75) is 13.8 Å². The highest BCUT2D eigenvalue weighted by Gasteiger charge is 2.16. The lowest BCUT2D eigenvalue weighted by molar-refractivity contribution is 0.102. The van der Waals surface area contributed by atoms with Crippen LogP contribution in [0.1, 0.15) is 21.7 Å². The number of alkyl halides is 1. The topological polar surface area (TPSA) is 22.0 Å². The number of carbonyl (C=O) groups is 1. The van der Waals surface area contributed by atoms with Gasteiger partial charge < -0.3 is 4.57 Å². The number of rotatable bonds is 3. The first-order valence-corrected chi connectivity index (χ1v) is 7.02. The number of hydrogen-bond acceptors (Lipinski definition) is 1. The molecule has 0 aliphatic heterocycles. The van der Waals surface area contributed by atoms with Gasteiger partial charge in [-0.1, -0.05) is 0 Å². The summed E-state index contributed by atoms with van der Waals surface area (Å²) >= 11 is 8.76. The molecule has 2 aromatic rings. The molecule has 0 unspecified atom stereocenters. The fraction of sp³-hybridized carbons (Fsp3) is 0.214. The molecule has 1 aromatic carbocycles. The molecule has 0 N–H and O–H groups in total. The van der Waals surface area contributed by atoms with Crippen molar-refractivity contribution in [3.63, 3.8) is 0 Å². The summed E-state index contributed by atoms with van der Waals surface area (Å²) in [7, 11) is 0. The van der Waals surface area contributed by atoms with Crippen LogP contribution in [0.25, 0.3) is 5.69 Å². The van der Waals surface area contributed by atoms with Crippen LogP contribution in [0.3, 0.4) is 0 Å². The standard InChI is InChI=1S/C14H12BrClFNO/c1-8-5-11(14(19)7-16)9(2)18(8)10-3-4-13(17)12(15)6-10/h3-6H,7H2,1-2H3. The molecule has 0 spiro atoms. The molecule has 1 aromatic heterocycles. The van der Waals surface area contributed by atoms with E-state index in [1.807, 2.05) is 18.4 Å². The fourth-order valence-corrected chi connectivity index (χ4v) is 2.65. The molecule has 5 heteroatoms. The second-order valence-electron chi connectivity index (χ2n) is 4.28. The zero-order valence-corrected chi connectivity index (χ0v) is 12.8. The fourth-order valence-electron chi connectivity index (χ4n) is 2.14. The van der Waals surface area contributed by atoms with Crippen molar-refractivity contribution in [1.82, 2.24) is 4.57 Å². The normalized spacial score (nSPS) is 10.8. The number of halogens is 3. The van der Waals surface area contributed by atoms with E-state index < -0.39 is 0 Å². The third-order valence-electron chi connectivity index (χ3n) is 3.01. The predicted octanol–water partition coefficient (Wildman–Crippen LogP) is 4.42. The zero-order chi connectivity index (χ0) is 14.2. The number of aromatic nitrogens is 1. The van der Waals surface area contributed by atoms with Crippen LogP contribution in [0.5, 0.6) is 0 Å². The number of Topliss-reactive ketones (excluding diaryl/α,β-unsaturated/α-hetero) is 1. The maximum absolute atomic E-state index is 13.3. The van der Waals surface area contributed by atoms with E-state index in [0.717, 1.165) is 17.1 Å². The van der Waals surface area contributed by atoms with E-state index in [1.54, 1.807) is 18.2 Å². The summed E-state index contributed by atoms with van der Waals surface area (Å²) in [4.78, 5) is 11.7. The predicted molar refractivity (Wildman–Crippen MR) is 78.0 cm³/mol. The first-order chi connectivity index (χ1) is 8.95. The van der Waals surface area contributed by atoms with E-state index in [2.05, 4.69) is 15.9 Å². The van der Waals surface area contributed by atoms with Crippen LogP contribution in [-0.4, -0.2) is 16.2 Å². The van der Waals surface area contributed by atoms with Gasteiger partial charge in [-0.05, 0) is 54.0 Å². The molecular formula is C14H12BrClFNO. The van der Waals surface area contributed by atoms with Crippen molar-refractivity contribution in [2.75, 3.05) is 5.88 Å². The van der Waals surface area contributed by atoms with Crippen molar-refractivity contribution in [3.8, 4) is 5.69 Å². The van der Waals surface area contributed by atoms with Crippen molar-refractivity contribution in [3.05, 3.63) is 51.5 Å². The number of hydrogen-bond donors (Lipinski definition) is 0. The molecule has 0 saturated heterocycles. The second-order valence-corrected chi connectivity index (χ2v) is 5.40. The summed E-state index contributed by atoms with van der Waals surface area (Å²) in [6.45, 7) is 3.75. The van der Waals surface area contributed by atoms with Crippen molar-refractivity contribution in [1.29, 1.82) is 0 Å². The highest BCUT2D eigenvalue weighted by molar-refractivity contribution is 9.10. The summed E-state index contributed by atoms with van der Waals surface area (Å²) < 4.78 is 15.6. The molecule has 0 saturated carbocycles. The van der Waals surface area contributed by atoms with Crippen LogP contribution >= 0.6 is 27.5 Å². The number of ketones is 1. The van der Waals surface area contributed by atoms with Gasteiger partial charge >= 0.3 is 0 Å². The zero-order valence-electron chi connectivity index (χ0n) is 10.5. The molecular weight excluding hydrogens is 333 g/mol. The number of benzene rings is 1. The van der Waals surface area contributed by atoms with Gasteiger partial charge in [-0.25, -0.2) is 4.39 Å². The van der Waals surface area contributed by atoms with Gasteiger partial charge in [0.25, 0.3) is 0 Å². The number of carbonyl (C=O) groups excluding carboxylic acids is 1. The summed E-state index contributed by atoms with van der Waals surface area (Å²) in [6, 6.07) is 6.55. The van der Waals surface area contributed by atoms with Gasteiger partial charge in [-0.3, -0.25) is 4.79 Å². The monoisotopic (exact) mass is 343 g/mol. The minimum atomic E-state index is -0.316. The first-order valence-electron chi connectivity index (χ1n) is 5.69. The largest absolute Gasteiger partial charge is 0.318 e. The SMILES string of the molecule is Cc1cc(C(=O)CCl)c(C)n1-c1ccc(F)c(Br)c1. The Balaban J connectivity index is 2.59. The molecule has 0 atom stereocenters. The summed E-state index contributed by atoms with van der Waals surface area (Å²) in [5.41, 5.74) is 3.12. The Morgan fingerprint density at radius 2 is 2.05 bits per heavy atom. The van der Waals surface area contributed by atoms with Crippen LogP contribution in [0.2, 0.25) is 0 Å². The minimum Gasteiger partial charge on any atom is -0.318 e. The van der Waals surface area contributed by atoms with Gasteiger partial charge in [0.1, 0.15) is 5.82 Å². The molecule has 0 bridgehead atoms. The van der Waals surface area contributed by atoms with E-state index >= 15 is 0 Å². The molecule has 0 fully saturated rings. The highest BCUT2D eigenvalue weighted by atomic mass is 79.9. The highest BCUT2D eigenvalue weighted by Crippen LogP contribution is 2.25. The maximum atomic E-state index is 13.3. The minimum absolute atomic E-state index is 0.0442. The van der Waals surface area contributed by atoms with E-state index in [-0.39, 0.29) is 17.5 Å². The third-order valence-corrected chi connectivity index (χ3v) is 3.86. The Labute approximate surface area is 124 Å². The first kappa shape index (κ1) is 14.3. The van der Waals surface area contributed by atoms with Gasteiger partial charge in [-0.2, -0.15) is 0 Å². The Kier molecular flexibility index (Phi) is 4.11. The third kappa shape index (κ3) is 2.60. The molecule has 0 aliphatic rings. The Hall–Kier alpha value is -1.13. The molecule has 0 aliphatic carbocycles. The Bertz CT molecular complexity index is 651. The second kappa shape index (κ2) is 5.47. The number of nitrogens with zero attached hydrogens (tertiary/aromatic N) is 1. The van der Waals surface area contributed by atoms with Gasteiger partial charge in [0.15, 0.2) is 5.78 Å². The summed E-state index contributed by atoms with van der Waals surface area (Å²) in [5, 5.41) is 0. The van der Waals surface area contributed by atoms with Gasteiger partial charge in [0.2, 0.25) is 0 Å². The average molecular weight is 345 g/mol. The lowest BCUT2D eigenvalue weighted by Crippen LogP contribution is -2.04. The summed E-state index contributed by atoms with van der Waals surface area (Å²) in [6.07, 6.45) is 0. The van der Waals surface area contributed by atoms with E-state index in [4.69, 9.17) is 11.6 Å². The molecule has 0 amide bonds. The van der Waals surface area contributed by atoms with E-state index in [1.165, 1.54) is 6.07 Å². The quantitative estimate of drug-likeness (QED) is 0.597. The Morgan fingerprint density at radius 3 is 2.63 bits per heavy atom. The maximum Gasteiger partial charge on any atom is 0.179 e. The molecule has 2 nitrogen and oxygen atoms in total. The van der Waals surface area contributed by atoms with Gasteiger partial charge in [0, 0.05) is 22.6 Å². The van der Waals surface area contributed by atoms with Gasteiger partial charge in [-0.15, -0.1) is 11.6 Å². The molecule has 19 heavy (non-hydrogen) atoms. The Morgan fingerprint density at radius 1 is 1.37 bits per heavy atom. The van der Waals surface area contributed by atoms with E-state index in [0.29, 0.717) is 10.0 Å². The van der Waals surface area contributed by atoms with Crippen LogP contribution in [0.4, 0.5) is 4.39 Å². The smallest absolute Gasteiger partial charge is 0.179 e. The lowest BCUT2D eigenvalue weighted by Gasteiger charge is -2.10. The van der Waals surface area contributed by atoms with Crippen LogP contribution in [0.15, 0.2) is 28.7 Å². The lowest BCUT2D eigenvalue weighted by atomic mass is 10.2. The van der Waals surface area contributed by atoms with E-state index in [9.17, 15) is 9.18 Å². The van der Waals surface area contributed by atoms with Crippen LogP contribution < -0.4 is 0 Å². The molecule has 2 rings (SSSR count). The van der Waals surface area contributed by atoms with Crippen molar-refractivity contribution < 1.29 is 9.18 Å². The van der Waals surface area contributed by atoms with Crippen molar-refractivity contribution >= 4 is 33.3 Å².